The molecule has 6 nitrogen and oxygen atoms in total. The molecular weight excluding hydrogens is 386 g/mol. The average molecular weight is 404 g/mol. The first kappa shape index (κ1) is 19.8. The smallest absolute Gasteiger partial charge is 0.299 e. The van der Waals surface area contributed by atoms with Gasteiger partial charge in [-0.05, 0) is 35.6 Å². The lowest BCUT2D eigenvalue weighted by atomic mass is 10.2. The van der Waals surface area contributed by atoms with Crippen LogP contribution in [0.1, 0.15) is 23.4 Å². The molecule has 0 spiro atoms. The fourth-order valence-electron chi connectivity index (χ4n) is 2.39. The minimum Gasteiger partial charge on any atom is -0.493 e. The number of methoxy groups -OCH3 is 1. The van der Waals surface area contributed by atoms with Gasteiger partial charge in [0.05, 0.1) is 13.3 Å². The summed E-state index contributed by atoms with van der Waals surface area (Å²) in [7, 11) is 1.53. The largest absolute Gasteiger partial charge is 0.493 e. The summed E-state index contributed by atoms with van der Waals surface area (Å²) in [4.78, 5) is 0. The first-order chi connectivity index (χ1) is 13.6. The number of hydrogen-bond acceptors (Lipinski definition) is 6. The second-order valence-electron chi connectivity index (χ2n) is 5.59. The van der Waals surface area contributed by atoms with Crippen LogP contribution in [0.4, 0.5) is 8.78 Å². The number of thioether (sulfide) groups is 1. The Labute approximate surface area is 165 Å². The van der Waals surface area contributed by atoms with E-state index in [-0.39, 0.29) is 5.16 Å². The molecule has 0 aliphatic rings. The molecule has 0 unspecified atom stereocenters. The Morgan fingerprint density at radius 1 is 1.14 bits per heavy atom. The van der Waals surface area contributed by atoms with Gasteiger partial charge in [-0.2, -0.15) is 9.78 Å². The van der Waals surface area contributed by atoms with E-state index in [1.54, 1.807) is 24.5 Å². The maximum Gasteiger partial charge on any atom is 0.299 e. The topological polar surface area (TPSA) is 61.5 Å². The van der Waals surface area contributed by atoms with E-state index in [1.807, 2.05) is 30.3 Å². The van der Waals surface area contributed by atoms with Crippen LogP contribution < -0.4 is 9.47 Å². The summed E-state index contributed by atoms with van der Waals surface area (Å²) in [6.45, 7) is 0.403. The molecule has 28 heavy (non-hydrogen) atoms. The number of ether oxygens (including phenoxy) is 2. The van der Waals surface area contributed by atoms with E-state index in [0.29, 0.717) is 23.7 Å². The molecule has 0 saturated carbocycles. The number of nitrogens with zero attached hydrogens (tertiary/aromatic N) is 4. The Balaban J connectivity index is 1.79. The van der Waals surface area contributed by atoms with Crippen molar-refractivity contribution in [2.45, 2.75) is 18.2 Å². The minimum absolute atomic E-state index is 0.279. The highest BCUT2D eigenvalue weighted by molar-refractivity contribution is 7.98. The maximum atomic E-state index is 13.1. The van der Waals surface area contributed by atoms with Crippen molar-refractivity contribution in [3.63, 3.8) is 0 Å². The summed E-state index contributed by atoms with van der Waals surface area (Å²) >= 11 is 1.18. The summed E-state index contributed by atoms with van der Waals surface area (Å²) in [5.74, 6) is 0.587. The van der Waals surface area contributed by atoms with E-state index in [4.69, 9.17) is 9.47 Å². The third-order valence-electron chi connectivity index (χ3n) is 3.76. The third-order valence-corrected chi connectivity index (χ3v) is 4.38. The van der Waals surface area contributed by atoms with E-state index in [0.717, 1.165) is 10.2 Å². The van der Waals surface area contributed by atoms with Gasteiger partial charge in [-0.15, -0.1) is 10.2 Å². The fraction of sp³-hybridized carbons (Fsp3) is 0.211. The van der Waals surface area contributed by atoms with Gasteiger partial charge in [0, 0.05) is 0 Å². The second-order valence-corrected chi connectivity index (χ2v) is 6.36. The van der Waals surface area contributed by atoms with Crippen LogP contribution in [0.3, 0.4) is 0 Å². The van der Waals surface area contributed by atoms with Crippen molar-refractivity contribution in [1.82, 2.24) is 14.9 Å². The van der Waals surface area contributed by atoms with Crippen molar-refractivity contribution in [2.24, 2.45) is 5.10 Å². The number of hydrogen-bond donors (Lipinski definition) is 0. The molecule has 2 aromatic carbocycles. The van der Waals surface area contributed by atoms with Gasteiger partial charge in [-0.1, -0.05) is 42.1 Å². The van der Waals surface area contributed by atoms with Gasteiger partial charge in [0.15, 0.2) is 11.5 Å². The van der Waals surface area contributed by atoms with Gasteiger partial charge in [0.1, 0.15) is 6.61 Å². The lowest BCUT2D eigenvalue weighted by molar-refractivity contribution is 0.135. The molecule has 0 fully saturated rings. The standard InChI is InChI=1S/C19H18F2N4O2S/c1-26-16-10-14(8-9-15(16)27-12-13-6-4-3-5-7-13)11-22-25-18(17(20)21)23-24-19(25)28-2/h3-11,17H,12H2,1-2H3/b22-11+. The quantitative estimate of drug-likeness (QED) is 0.411. The monoisotopic (exact) mass is 404 g/mol. The molecule has 0 saturated heterocycles. The number of benzene rings is 2. The molecular formula is C19H18F2N4O2S. The summed E-state index contributed by atoms with van der Waals surface area (Å²) in [6, 6.07) is 15.0. The van der Waals surface area contributed by atoms with Crippen molar-refractivity contribution in [2.75, 3.05) is 13.4 Å². The van der Waals surface area contributed by atoms with E-state index >= 15 is 0 Å². The summed E-state index contributed by atoms with van der Waals surface area (Å²) in [5, 5.41) is 11.6. The molecule has 146 valence electrons. The summed E-state index contributed by atoms with van der Waals surface area (Å²) < 4.78 is 38.3. The van der Waals surface area contributed by atoms with Crippen molar-refractivity contribution < 1.29 is 18.3 Å². The zero-order valence-electron chi connectivity index (χ0n) is 15.3. The lowest BCUT2D eigenvalue weighted by Crippen LogP contribution is -2.01. The Hall–Kier alpha value is -2.94. The zero-order chi connectivity index (χ0) is 19.9. The predicted octanol–water partition coefficient (Wildman–Crippen LogP) is 4.41. The van der Waals surface area contributed by atoms with Crippen LogP contribution in [0.15, 0.2) is 58.8 Å². The molecule has 3 aromatic rings. The minimum atomic E-state index is -2.77. The zero-order valence-corrected chi connectivity index (χ0v) is 16.1. The van der Waals surface area contributed by atoms with E-state index in [9.17, 15) is 8.78 Å². The Kier molecular flexibility index (Phi) is 6.59. The molecule has 1 heterocycles. The van der Waals surface area contributed by atoms with Crippen LogP contribution in [-0.2, 0) is 6.61 Å². The average Bonchev–Trinajstić information content (AvgIpc) is 3.15. The molecule has 0 N–H and O–H groups in total. The highest BCUT2D eigenvalue weighted by Crippen LogP contribution is 2.28. The fourth-order valence-corrected chi connectivity index (χ4v) is 2.83. The van der Waals surface area contributed by atoms with Crippen LogP contribution in [0.5, 0.6) is 11.5 Å². The Morgan fingerprint density at radius 2 is 1.93 bits per heavy atom. The Morgan fingerprint density at radius 3 is 2.61 bits per heavy atom. The van der Waals surface area contributed by atoms with E-state index in [1.165, 1.54) is 25.1 Å². The highest BCUT2D eigenvalue weighted by atomic mass is 32.2. The number of rotatable bonds is 8. The van der Waals surface area contributed by atoms with Gasteiger partial charge in [-0.25, -0.2) is 8.78 Å². The molecule has 0 atom stereocenters. The van der Waals surface area contributed by atoms with Crippen molar-refractivity contribution in [3.05, 3.63) is 65.5 Å². The van der Waals surface area contributed by atoms with Crippen LogP contribution >= 0.6 is 11.8 Å². The first-order valence-corrected chi connectivity index (χ1v) is 9.51. The van der Waals surface area contributed by atoms with Gasteiger partial charge >= 0.3 is 0 Å². The molecule has 1 aromatic heterocycles. The van der Waals surface area contributed by atoms with Crippen LogP contribution in [-0.4, -0.2) is 34.5 Å². The molecule has 0 aliphatic carbocycles. The summed E-state index contributed by atoms with van der Waals surface area (Å²) in [6.07, 6.45) is 0.389. The van der Waals surface area contributed by atoms with Crippen molar-refractivity contribution >= 4 is 18.0 Å². The first-order valence-electron chi connectivity index (χ1n) is 8.29. The molecule has 0 aliphatic heterocycles. The number of alkyl halides is 2. The van der Waals surface area contributed by atoms with Crippen LogP contribution in [0.2, 0.25) is 0 Å². The molecule has 0 radical (unpaired) electrons. The maximum absolute atomic E-state index is 13.1. The van der Waals surface area contributed by atoms with Crippen LogP contribution in [0, 0.1) is 0 Å². The molecule has 9 heteroatoms. The van der Waals surface area contributed by atoms with E-state index < -0.39 is 12.2 Å². The Bertz CT molecular complexity index is 948. The molecule has 3 rings (SSSR count). The van der Waals surface area contributed by atoms with E-state index in [2.05, 4.69) is 15.3 Å². The third kappa shape index (κ3) is 4.66. The van der Waals surface area contributed by atoms with Gasteiger partial charge in [-0.3, -0.25) is 0 Å². The second kappa shape index (κ2) is 9.32. The van der Waals surface area contributed by atoms with Crippen molar-refractivity contribution in [3.8, 4) is 11.5 Å². The normalized spacial score (nSPS) is 11.3. The van der Waals surface area contributed by atoms with Gasteiger partial charge in [0.25, 0.3) is 6.43 Å². The number of aromatic nitrogens is 3. The SMILES string of the molecule is COc1cc(/C=N/n2c(SC)nnc2C(F)F)ccc1OCc1ccccc1. The lowest BCUT2D eigenvalue weighted by Gasteiger charge is -2.11. The van der Waals surface area contributed by atoms with Gasteiger partial charge in [0.2, 0.25) is 11.0 Å². The van der Waals surface area contributed by atoms with Crippen LogP contribution in [0.25, 0.3) is 0 Å². The number of halogens is 2. The summed E-state index contributed by atoms with van der Waals surface area (Å²) in [5.41, 5.74) is 1.69. The van der Waals surface area contributed by atoms with Gasteiger partial charge < -0.3 is 9.47 Å². The van der Waals surface area contributed by atoms with Crippen molar-refractivity contribution in [1.29, 1.82) is 0 Å². The molecule has 0 bridgehead atoms. The highest BCUT2D eigenvalue weighted by Gasteiger charge is 2.19. The molecule has 0 amide bonds. The predicted molar refractivity (Wildman–Crippen MR) is 104 cm³/mol.